The van der Waals surface area contributed by atoms with E-state index in [2.05, 4.69) is 45.1 Å². The van der Waals surface area contributed by atoms with Gasteiger partial charge in [-0.3, -0.25) is 0 Å². The van der Waals surface area contributed by atoms with Crippen LogP contribution in [0, 0.1) is 5.82 Å². The molecular formula is C17H28ClFN2. The van der Waals surface area contributed by atoms with E-state index in [1.807, 2.05) is 12.1 Å². The molecule has 0 spiro atoms. The van der Waals surface area contributed by atoms with Gasteiger partial charge >= 0.3 is 0 Å². The maximum absolute atomic E-state index is 14.2. The van der Waals surface area contributed by atoms with Crippen LogP contribution in [-0.4, -0.2) is 37.1 Å². The molecule has 0 aliphatic heterocycles. The van der Waals surface area contributed by atoms with E-state index in [1.165, 1.54) is 0 Å². The van der Waals surface area contributed by atoms with Gasteiger partial charge in [-0.25, -0.2) is 4.39 Å². The van der Waals surface area contributed by atoms with Crippen molar-refractivity contribution in [3.63, 3.8) is 0 Å². The third kappa shape index (κ3) is 4.41. The highest BCUT2D eigenvalue weighted by Crippen LogP contribution is 2.26. The summed E-state index contributed by atoms with van der Waals surface area (Å²) in [6.07, 6.45) is 2.68. The summed E-state index contributed by atoms with van der Waals surface area (Å²) in [7, 11) is 4.16. The first kappa shape index (κ1) is 18.4. The summed E-state index contributed by atoms with van der Waals surface area (Å²) < 4.78 is 14.2. The van der Waals surface area contributed by atoms with Crippen molar-refractivity contribution >= 4 is 11.6 Å². The first-order chi connectivity index (χ1) is 9.86. The molecule has 4 heteroatoms. The quantitative estimate of drug-likeness (QED) is 0.776. The fourth-order valence-electron chi connectivity index (χ4n) is 2.63. The third-order valence-electron chi connectivity index (χ3n) is 4.58. The molecular weight excluding hydrogens is 287 g/mol. The second-order valence-corrected chi connectivity index (χ2v) is 6.44. The number of benzene rings is 1. The lowest BCUT2D eigenvalue weighted by atomic mass is 9.84. The van der Waals surface area contributed by atoms with E-state index in [0.29, 0.717) is 12.0 Å². The van der Waals surface area contributed by atoms with Gasteiger partial charge in [0.05, 0.1) is 5.02 Å². The Morgan fingerprint density at radius 1 is 1.33 bits per heavy atom. The van der Waals surface area contributed by atoms with Gasteiger partial charge in [-0.05, 0) is 58.5 Å². The number of hydrogen-bond donors (Lipinski definition) is 1. The number of nitrogens with zero attached hydrogens (tertiary/aromatic N) is 1. The molecule has 2 unspecified atom stereocenters. The molecule has 21 heavy (non-hydrogen) atoms. The Hall–Kier alpha value is -0.640. The van der Waals surface area contributed by atoms with E-state index in [1.54, 1.807) is 6.07 Å². The minimum Gasteiger partial charge on any atom is -0.312 e. The van der Waals surface area contributed by atoms with Gasteiger partial charge in [-0.2, -0.15) is 0 Å². The van der Waals surface area contributed by atoms with Gasteiger partial charge in [0.25, 0.3) is 0 Å². The van der Waals surface area contributed by atoms with Gasteiger partial charge in [-0.1, -0.05) is 37.6 Å². The summed E-state index contributed by atoms with van der Waals surface area (Å²) in [5.74, 6) is -0.292. The van der Waals surface area contributed by atoms with E-state index < -0.39 is 0 Å². The van der Waals surface area contributed by atoms with Crippen molar-refractivity contribution in [1.82, 2.24) is 10.2 Å². The number of hydrogen-bond acceptors (Lipinski definition) is 2. The molecule has 0 aromatic heterocycles. The molecule has 0 aliphatic carbocycles. The molecule has 1 aromatic rings. The highest BCUT2D eigenvalue weighted by Gasteiger charge is 2.34. The van der Waals surface area contributed by atoms with Gasteiger partial charge in [0.15, 0.2) is 0 Å². The first-order valence-corrected chi connectivity index (χ1v) is 8.08. The molecule has 0 fully saturated rings. The number of halogens is 2. The van der Waals surface area contributed by atoms with Crippen LogP contribution in [0.3, 0.4) is 0 Å². The minimum atomic E-state index is -0.292. The number of likely N-dealkylation sites (N-methyl/N-ethyl adjacent to an activating group) is 1. The topological polar surface area (TPSA) is 15.3 Å². The summed E-state index contributed by atoms with van der Waals surface area (Å²) in [6.45, 7) is 7.47. The SMILES string of the molecule is CCCNC(Cc1cccc(Cl)c1F)C(C)(CC)N(C)C. The number of nitrogens with one attached hydrogen (secondary N) is 1. The highest BCUT2D eigenvalue weighted by atomic mass is 35.5. The van der Waals surface area contributed by atoms with Crippen LogP contribution in [0.1, 0.15) is 39.2 Å². The second kappa shape index (κ2) is 8.11. The third-order valence-corrected chi connectivity index (χ3v) is 4.88. The van der Waals surface area contributed by atoms with Gasteiger partial charge in [-0.15, -0.1) is 0 Å². The molecule has 2 atom stereocenters. The largest absolute Gasteiger partial charge is 0.312 e. The molecule has 0 radical (unpaired) electrons. The zero-order valence-electron chi connectivity index (χ0n) is 13.8. The molecule has 0 saturated heterocycles. The summed E-state index contributed by atoms with van der Waals surface area (Å²) >= 11 is 5.91. The van der Waals surface area contributed by atoms with Gasteiger partial charge in [0.2, 0.25) is 0 Å². The Balaban J connectivity index is 3.05. The number of rotatable bonds is 8. The zero-order chi connectivity index (χ0) is 16.0. The predicted octanol–water partition coefficient (Wildman–Crippen LogP) is 4.12. The van der Waals surface area contributed by atoms with Gasteiger partial charge < -0.3 is 10.2 Å². The van der Waals surface area contributed by atoms with Gasteiger partial charge in [0.1, 0.15) is 5.82 Å². The Bertz CT molecular complexity index is 450. The second-order valence-electron chi connectivity index (χ2n) is 6.03. The normalized spacial score (nSPS) is 16.0. The Kier molecular flexibility index (Phi) is 7.11. The Labute approximate surface area is 133 Å². The van der Waals surface area contributed by atoms with Crippen LogP contribution in [0.2, 0.25) is 5.02 Å². The summed E-state index contributed by atoms with van der Waals surface area (Å²) in [5, 5.41) is 3.78. The van der Waals surface area contributed by atoms with Crippen LogP contribution in [-0.2, 0) is 6.42 Å². The van der Waals surface area contributed by atoms with Crippen molar-refractivity contribution in [1.29, 1.82) is 0 Å². The predicted molar refractivity (Wildman–Crippen MR) is 89.6 cm³/mol. The van der Waals surface area contributed by atoms with Crippen LogP contribution in [0.5, 0.6) is 0 Å². The summed E-state index contributed by atoms with van der Waals surface area (Å²) in [6, 6.07) is 5.41. The van der Waals surface area contributed by atoms with Crippen molar-refractivity contribution in [3.8, 4) is 0 Å². The maximum atomic E-state index is 14.2. The zero-order valence-corrected chi connectivity index (χ0v) is 14.6. The van der Waals surface area contributed by atoms with E-state index in [4.69, 9.17) is 11.6 Å². The van der Waals surface area contributed by atoms with E-state index in [9.17, 15) is 4.39 Å². The van der Waals surface area contributed by atoms with Crippen molar-refractivity contribution in [2.45, 2.75) is 51.6 Å². The molecule has 1 rings (SSSR count). The van der Waals surface area contributed by atoms with Crippen LogP contribution >= 0.6 is 11.6 Å². The van der Waals surface area contributed by atoms with Crippen LogP contribution in [0.4, 0.5) is 4.39 Å². The molecule has 0 amide bonds. The lowest BCUT2D eigenvalue weighted by Crippen LogP contribution is -2.58. The van der Waals surface area contributed by atoms with Crippen molar-refractivity contribution in [2.75, 3.05) is 20.6 Å². The molecule has 1 aromatic carbocycles. The summed E-state index contributed by atoms with van der Waals surface area (Å²) in [4.78, 5) is 2.22. The van der Waals surface area contributed by atoms with Crippen LogP contribution in [0.25, 0.3) is 0 Å². The smallest absolute Gasteiger partial charge is 0.145 e. The fraction of sp³-hybridized carbons (Fsp3) is 0.647. The van der Waals surface area contributed by atoms with Crippen LogP contribution in [0.15, 0.2) is 18.2 Å². The van der Waals surface area contributed by atoms with Gasteiger partial charge in [0, 0.05) is 11.6 Å². The highest BCUT2D eigenvalue weighted by molar-refractivity contribution is 6.30. The Morgan fingerprint density at radius 2 is 2.00 bits per heavy atom. The summed E-state index contributed by atoms with van der Waals surface area (Å²) in [5.41, 5.74) is 0.641. The molecule has 120 valence electrons. The van der Waals surface area contributed by atoms with E-state index in [0.717, 1.165) is 19.4 Å². The monoisotopic (exact) mass is 314 g/mol. The Morgan fingerprint density at radius 3 is 2.52 bits per heavy atom. The van der Waals surface area contributed by atoms with Crippen LogP contribution < -0.4 is 5.32 Å². The van der Waals surface area contributed by atoms with Crippen molar-refractivity contribution in [3.05, 3.63) is 34.6 Å². The molecule has 0 bridgehead atoms. The minimum absolute atomic E-state index is 0.0378. The molecule has 1 N–H and O–H groups in total. The molecule has 0 aliphatic rings. The average molecular weight is 315 g/mol. The first-order valence-electron chi connectivity index (χ1n) is 7.70. The fourth-order valence-corrected chi connectivity index (χ4v) is 2.82. The van der Waals surface area contributed by atoms with Crippen molar-refractivity contribution < 1.29 is 4.39 Å². The molecule has 0 heterocycles. The van der Waals surface area contributed by atoms with Crippen molar-refractivity contribution in [2.24, 2.45) is 0 Å². The average Bonchev–Trinajstić information content (AvgIpc) is 2.46. The molecule has 0 saturated carbocycles. The maximum Gasteiger partial charge on any atom is 0.145 e. The van der Waals surface area contributed by atoms with E-state index >= 15 is 0 Å². The lowest BCUT2D eigenvalue weighted by Gasteiger charge is -2.43. The van der Waals surface area contributed by atoms with E-state index in [-0.39, 0.29) is 22.4 Å². The lowest BCUT2D eigenvalue weighted by molar-refractivity contribution is 0.112. The standard InChI is InChI=1S/C17H28ClFN2/c1-6-11-20-15(17(3,7-2)21(4)5)12-13-9-8-10-14(18)16(13)19/h8-10,15,20H,6-7,11-12H2,1-5H3. The molecule has 2 nitrogen and oxygen atoms in total.